The Kier molecular flexibility index (Phi) is 3.59. The number of hydrogen-bond acceptors (Lipinski definition) is 2. The first-order valence-electron chi connectivity index (χ1n) is 6.87. The van der Waals surface area contributed by atoms with Crippen LogP contribution in [0.15, 0.2) is 42.5 Å². The summed E-state index contributed by atoms with van der Waals surface area (Å²) < 4.78 is 0. The minimum Gasteiger partial charge on any atom is -0.478 e. The third-order valence-electron chi connectivity index (χ3n) is 3.73. The molecule has 1 N–H and O–H groups in total. The van der Waals surface area contributed by atoms with E-state index >= 15 is 0 Å². The molecule has 4 heteroatoms. The second kappa shape index (κ2) is 5.43. The molecule has 0 amide bonds. The van der Waals surface area contributed by atoms with E-state index in [1.165, 1.54) is 0 Å². The number of aryl methyl sites for hydroxylation is 1. The number of carboxylic acid groups (broad SMARTS) is 1. The highest BCUT2D eigenvalue weighted by molar-refractivity contribution is 6.31. The Morgan fingerprint density at radius 1 is 1.09 bits per heavy atom. The summed E-state index contributed by atoms with van der Waals surface area (Å²) in [5, 5.41) is 10.7. The molecule has 0 saturated heterocycles. The molecular weight excluding hydrogens is 298 g/mol. The topological polar surface area (TPSA) is 50.2 Å². The minimum absolute atomic E-state index is 0.253. The lowest BCUT2D eigenvalue weighted by Gasteiger charge is -2.12. The summed E-state index contributed by atoms with van der Waals surface area (Å²) >= 11 is 6.00. The number of nitrogens with zero attached hydrogens (tertiary/aromatic N) is 1. The Morgan fingerprint density at radius 2 is 1.77 bits per heavy atom. The zero-order valence-corrected chi connectivity index (χ0v) is 13.0. The second-order valence-electron chi connectivity index (χ2n) is 5.29. The SMILES string of the molecule is Cc1ccc(-c2nc3ccc(Cl)cc3c(C(=O)O)c2C)cc1. The molecule has 110 valence electrons. The molecule has 0 aliphatic rings. The molecule has 22 heavy (non-hydrogen) atoms. The number of halogens is 1. The standard InChI is InChI=1S/C18H14ClNO2/c1-10-3-5-12(6-4-10)17-11(2)16(18(21)22)14-9-13(19)7-8-15(14)20-17/h3-9H,1-2H3,(H,21,22). The second-order valence-corrected chi connectivity index (χ2v) is 5.73. The van der Waals surface area contributed by atoms with Crippen LogP contribution in [0.25, 0.3) is 22.2 Å². The number of aromatic nitrogens is 1. The highest BCUT2D eigenvalue weighted by Gasteiger charge is 2.18. The number of aromatic carboxylic acids is 1. The van der Waals surface area contributed by atoms with Gasteiger partial charge in [0.1, 0.15) is 0 Å². The van der Waals surface area contributed by atoms with Crippen LogP contribution in [0.2, 0.25) is 5.02 Å². The Balaban J connectivity index is 2.37. The maximum atomic E-state index is 11.7. The van der Waals surface area contributed by atoms with E-state index in [0.717, 1.165) is 11.1 Å². The van der Waals surface area contributed by atoms with Crippen LogP contribution in [-0.2, 0) is 0 Å². The minimum atomic E-state index is -0.972. The van der Waals surface area contributed by atoms with Crippen LogP contribution in [0.3, 0.4) is 0 Å². The predicted molar refractivity (Wildman–Crippen MR) is 88.6 cm³/mol. The van der Waals surface area contributed by atoms with Crippen LogP contribution in [0.4, 0.5) is 0 Å². The summed E-state index contributed by atoms with van der Waals surface area (Å²) in [7, 11) is 0. The van der Waals surface area contributed by atoms with E-state index in [1.807, 2.05) is 31.2 Å². The van der Waals surface area contributed by atoms with Crippen LogP contribution in [-0.4, -0.2) is 16.1 Å². The van der Waals surface area contributed by atoms with Gasteiger partial charge in [0.15, 0.2) is 0 Å². The zero-order valence-electron chi connectivity index (χ0n) is 12.2. The van der Waals surface area contributed by atoms with E-state index in [4.69, 9.17) is 11.6 Å². The van der Waals surface area contributed by atoms with E-state index in [0.29, 0.717) is 27.2 Å². The number of fused-ring (bicyclic) bond motifs is 1. The van der Waals surface area contributed by atoms with Gasteiger partial charge in [0.25, 0.3) is 0 Å². The van der Waals surface area contributed by atoms with Crippen LogP contribution < -0.4 is 0 Å². The van der Waals surface area contributed by atoms with Crippen molar-refractivity contribution >= 4 is 28.5 Å². The molecule has 0 saturated carbocycles. The van der Waals surface area contributed by atoms with Crippen molar-refractivity contribution in [3.05, 3.63) is 64.2 Å². The van der Waals surface area contributed by atoms with Crippen molar-refractivity contribution < 1.29 is 9.90 Å². The number of benzene rings is 2. The molecule has 0 spiro atoms. The molecule has 3 nitrogen and oxygen atoms in total. The number of carboxylic acids is 1. The maximum Gasteiger partial charge on any atom is 0.336 e. The molecule has 3 aromatic rings. The molecule has 1 aromatic heterocycles. The monoisotopic (exact) mass is 311 g/mol. The average molecular weight is 312 g/mol. The van der Waals surface area contributed by atoms with Gasteiger partial charge in [-0.15, -0.1) is 0 Å². The molecule has 3 rings (SSSR count). The fourth-order valence-electron chi connectivity index (χ4n) is 2.60. The normalized spacial score (nSPS) is 10.9. The maximum absolute atomic E-state index is 11.7. The lowest BCUT2D eigenvalue weighted by molar-refractivity contribution is 0.0698. The molecule has 1 heterocycles. The van der Waals surface area contributed by atoms with Gasteiger partial charge in [-0.05, 0) is 37.6 Å². The van der Waals surface area contributed by atoms with Gasteiger partial charge in [0.05, 0.1) is 16.8 Å². The van der Waals surface area contributed by atoms with Crippen LogP contribution in [0, 0.1) is 13.8 Å². The van der Waals surface area contributed by atoms with Gasteiger partial charge in [-0.3, -0.25) is 0 Å². The lowest BCUT2D eigenvalue weighted by Crippen LogP contribution is -2.05. The van der Waals surface area contributed by atoms with Gasteiger partial charge in [-0.25, -0.2) is 9.78 Å². The molecule has 0 unspecified atom stereocenters. The molecule has 0 aliphatic heterocycles. The van der Waals surface area contributed by atoms with Gasteiger partial charge < -0.3 is 5.11 Å². The van der Waals surface area contributed by atoms with Crippen molar-refractivity contribution in [2.75, 3.05) is 0 Å². The first-order chi connectivity index (χ1) is 10.5. The van der Waals surface area contributed by atoms with Crippen molar-refractivity contribution in [3.63, 3.8) is 0 Å². The average Bonchev–Trinajstić information content (AvgIpc) is 2.47. The van der Waals surface area contributed by atoms with Crippen molar-refractivity contribution in [1.82, 2.24) is 4.98 Å². The fourth-order valence-corrected chi connectivity index (χ4v) is 2.77. The Bertz CT molecular complexity index is 886. The third kappa shape index (κ3) is 2.44. The molecule has 0 atom stereocenters. The highest BCUT2D eigenvalue weighted by atomic mass is 35.5. The lowest BCUT2D eigenvalue weighted by atomic mass is 9.97. The molecule has 0 bridgehead atoms. The van der Waals surface area contributed by atoms with Crippen LogP contribution in [0.1, 0.15) is 21.5 Å². The Hall–Kier alpha value is -2.39. The van der Waals surface area contributed by atoms with Crippen molar-refractivity contribution in [2.24, 2.45) is 0 Å². The summed E-state index contributed by atoms with van der Waals surface area (Å²) in [5.41, 5.74) is 4.26. The predicted octanol–water partition coefficient (Wildman–Crippen LogP) is 4.87. The third-order valence-corrected chi connectivity index (χ3v) is 3.96. The van der Waals surface area contributed by atoms with E-state index < -0.39 is 5.97 Å². The summed E-state index contributed by atoms with van der Waals surface area (Å²) in [5.74, 6) is -0.972. The molecular formula is C18H14ClNO2. The first kappa shape index (κ1) is 14.5. The van der Waals surface area contributed by atoms with Gasteiger partial charge in [0, 0.05) is 16.0 Å². The number of pyridine rings is 1. The number of carbonyl (C=O) groups is 1. The van der Waals surface area contributed by atoms with E-state index in [-0.39, 0.29) is 5.56 Å². The van der Waals surface area contributed by atoms with Gasteiger partial charge in [-0.2, -0.15) is 0 Å². The van der Waals surface area contributed by atoms with Crippen molar-refractivity contribution in [2.45, 2.75) is 13.8 Å². The Labute approximate surface area is 133 Å². The molecule has 0 aliphatic carbocycles. The number of hydrogen-bond donors (Lipinski definition) is 1. The molecule has 0 radical (unpaired) electrons. The van der Waals surface area contributed by atoms with Crippen LogP contribution >= 0.6 is 11.6 Å². The fraction of sp³-hybridized carbons (Fsp3) is 0.111. The summed E-state index contributed by atoms with van der Waals surface area (Å²) in [6, 6.07) is 13.0. The summed E-state index contributed by atoms with van der Waals surface area (Å²) in [4.78, 5) is 16.4. The smallest absolute Gasteiger partial charge is 0.336 e. The molecule has 0 fully saturated rings. The van der Waals surface area contributed by atoms with Crippen molar-refractivity contribution in [3.8, 4) is 11.3 Å². The quantitative estimate of drug-likeness (QED) is 0.734. The van der Waals surface area contributed by atoms with Gasteiger partial charge in [0.2, 0.25) is 0 Å². The zero-order chi connectivity index (χ0) is 15.9. The van der Waals surface area contributed by atoms with Gasteiger partial charge in [-0.1, -0.05) is 41.4 Å². The first-order valence-corrected chi connectivity index (χ1v) is 7.25. The van der Waals surface area contributed by atoms with Gasteiger partial charge >= 0.3 is 5.97 Å². The Morgan fingerprint density at radius 3 is 2.41 bits per heavy atom. The van der Waals surface area contributed by atoms with E-state index in [9.17, 15) is 9.90 Å². The van der Waals surface area contributed by atoms with Crippen molar-refractivity contribution in [1.29, 1.82) is 0 Å². The largest absolute Gasteiger partial charge is 0.478 e. The summed E-state index contributed by atoms with van der Waals surface area (Å²) in [6.45, 7) is 3.79. The summed E-state index contributed by atoms with van der Waals surface area (Å²) in [6.07, 6.45) is 0. The number of rotatable bonds is 2. The van der Waals surface area contributed by atoms with Crippen LogP contribution in [0.5, 0.6) is 0 Å². The highest BCUT2D eigenvalue weighted by Crippen LogP contribution is 2.31. The van der Waals surface area contributed by atoms with E-state index in [1.54, 1.807) is 25.1 Å². The molecule has 2 aromatic carbocycles. The van der Waals surface area contributed by atoms with E-state index in [2.05, 4.69) is 4.98 Å².